The first kappa shape index (κ1) is 25.8. The molecule has 0 radical (unpaired) electrons. The van der Waals surface area contributed by atoms with Gasteiger partial charge in [-0.15, -0.1) is 0 Å². The SMILES string of the molecule is O=C(Oc1ccc(OC(=O)c2ccc(OCCCC3CO3)cc2)cc1)c1ccc(OCCCC2CO2)cc1. The topological polar surface area (TPSA) is 96.1 Å². The fourth-order valence-corrected chi connectivity index (χ4v) is 3.75. The van der Waals surface area contributed by atoms with E-state index >= 15 is 0 Å². The van der Waals surface area contributed by atoms with Crippen molar-refractivity contribution in [1.29, 1.82) is 0 Å². The van der Waals surface area contributed by atoms with Crippen molar-refractivity contribution < 1.29 is 38.0 Å². The Morgan fingerprint density at radius 3 is 1.26 bits per heavy atom. The predicted octanol–water partition coefficient (Wildman–Crippen LogP) is 5.24. The molecule has 3 aromatic carbocycles. The van der Waals surface area contributed by atoms with Crippen molar-refractivity contribution in [3.8, 4) is 23.0 Å². The summed E-state index contributed by atoms with van der Waals surface area (Å²) in [7, 11) is 0. The van der Waals surface area contributed by atoms with Gasteiger partial charge in [0.05, 0.1) is 49.8 Å². The number of benzene rings is 3. The van der Waals surface area contributed by atoms with Crippen LogP contribution in [0.5, 0.6) is 23.0 Å². The van der Waals surface area contributed by atoms with Crippen LogP contribution in [0.25, 0.3) is 0 Å². The minimum atomic E-state index is -0.490. The molecule has 8 heteroatoms. The van der Waals surface area contributed by atoms with Crippen molar-refractivity contribution in [1.82, 2.24) is 0 Å². The molecule has 2 heterocycles. The largest absolute Gasteiger partial charge is 0.494 e. The van der Waals surface area contributed by atoms with Crippen molar-refractivity contribution >= 4 is 11.9 Å². The second kappa shape index (κ2) is 12.6. The third kappa shape index (κ3) is 8.06. The van der Waals surface area contributed by atoms with Crippen LogP contribution in [-0.4, -0.2) is 50.6 Å². The van der Waals surface area contributed by atoms with Crippen LogP contribution in [0.1, 0.15) is 46.4 Å². The highest BCUT2D eigenvalue weighted by Gasteiger charge is 2.22. The standard InChI is InChI=1S/C30H30O8/c31-29(21-5-9-23(10-6-21)33-17-1-3-27-19-35-27)37-25-13-15-26(16-14-25)38-30(32)22-7-11-24(12-8-22)34-18-2-4-28-20-36-28/h5-16,27-28H,1-4,17-20H2. The van der Waals surface area contributed by atoms with Gasteiger partial charge in [0.2, 0.25) is 0 Å². The molecule has 2 unspecified atom stereocenters. The fraction of sp³-hybridized carbons (Fsp3) is 0.333. The summed E-state index contributed by atoms with van der Waals surface area (Å²) >= 11 is 0. The van der Waals surface area contributed by atoms with Crippen molar-refractivity contribution in [2.75, 3.05) is 26.4 Å². The van der Waals surface area contributed by atoms with Gasteiger partial charge in [-0.05, 0) is 98.5 Å². The number of rotatable bonds is 14. The Bertz CT molecular complexity index is 1100. The third-order valence-electron chi connectivity index (χ3n) is 6.11. The van der Waals surface area contributed by atoms with Gasteiger partial charge in [0.1, 0.15) is 23.0 Å². The molecule has 2 atom stereocenters. The van der Waals surface area contributed by atoms with Gasteiger partial charge in [-0.1, -0.05) is 0 Å². The molecule has 198 valence electrons. The maximum atomic E-state index is 12.5. The summed E-state index contributed by atoms with van der Waals surface area (Å²) in [4.78, 5) is 25.0. The lowest BCUT2D eigenvalue weighted by molar-refractivity contribution is 0.0719. The zero-order valence-corrected chi connectivity index (χ0v) is 21.0. The minimum Gasteiger partial charge on any atom is -0.494 e. The zero-order valence-electron chi connectivity index (χ0n) is 21.0. The lowest BCUT2D eigenvalue weighted by Crippen LogP contribution is -2.10. The summed E-state index contributed by atoms with van der Waals surface area (Å²) < 4.78 is 32.6. The quantitative estimate of drug-likeness (QED) is 0.124. The molecule has 2 saturated heterocycles. The Morgan fingerprint density at radius 2 is 0.921 bits per heavy atom. The molecular formula is C30H30O8. The van der Waals surface area contributed by atoms with Crippen molar-refractivity contribution in [3.05, 3.63) is 83.9 Å². The smallest absolute Gasteiger partial charge is 0.343 e. The van der Waals surface area contributed by atoms with Gasteiger partial charge in [0.15, 0.2) is 0 Å². The molecule has 0 aromatic heterocycles. The predicted molar refractivity (Wildman–Crippen MR) is 138 cm³/mol. The number of epoxide rings is 2. The molecule has 0 bridgehead atoms. The van der Waals surface area contributed by atoms with Gasteiger partial charge in [-0.3, -0.25) is 0 Å². The van der Waals surface area contributed by atoms with Gasteiger partial charge in [-0.2, -0.15) is 0 Å². The average molecular weight is 519 g/mol. The van der Waals surface area contributed by atoms with Gasteiger partial charge >= 0.3 is 11.9 Å². The highest BCUT2D eigenvalue weighted by Crippen LogP contribution is 2.22. The van der Waals surface area contributed by atoms with Gasteiger partial charge in [-0.25, -0.2) is 9.59 Å². The number of ether oxygens (including phenoxy) is 6. The first-order valence-electron chi connectivity index (χ1n) is 12.9. The van der Waals surface area contributed by atoms with Crippen LogP contribution in [-0.2, 0) is 9.47 Å². The fourth-order valence-electron chi connectivity index (χ4n) is 3.75. The number of hydrogen-bond donors (Lipinski definition) is 0. The van der Waals surface area contributed by atoms with Gasteiger partial charge in [0.25, 0.3) is 0 Å². The summed E-state index contributed by atoms with van der Waals surface area (Å²) in [5.41, 5.74) is 0.812. The Balaban J connectivity index is 1.04. The molecule has 0 N–H and O–H groups in total. The van der Waals surface area contributed by atoms with Crippen LogP contribution in [0.15, 0.2) is 72.8 Å². The zero-order chi connectivity index (χ0) is 26.2. The maximum absolute atomic E-state index is 12.5. The van der Waals surface area contributed by atoms with Crippen molar-refractivity contribution in [2.45, 2.75) is 37.9 Å². The molecule has 8 nitrogen and oxygen atoms in total. The summed E-state index contributed by atoms with van der Waals surface area (Å²) in [6.45, 7) is 2.92. The van der Waals surface area contributed by atoms with Crippen LogP contribution < -0.4 is 18.9 Å². The van der Waals surface area contributed by atoms with Gasteiger partial charge in [0, 0.05) is 0 Å². The highest BCUT2D eigenvalue weighted by atomic mass is 16.6. The first-order chi connectivity index (χ1) is 18.6. The van der Waals surface area contributed by atoms with E-state index in [0.29, 0.717) is 59.5 Å². The first-order valence-corrected chi connectivity index (χ1v) is 12.9. The van der Waals surface area contributed by atoms with Crippen LogP contribution in [0, 0.1) is 0 Å². The van der Waals surface area contributed by atoms with E-state index in [2.05, 4.69) is 0 Å². The highest BCUT2D eigenvalue weighted by molar-refractivity contribution is 5.92. The Hall–Kier alpha value is -3.88. The summed E-state index contributed by atoms with van der Waals surface area (Å²) in [5.74, 6) is 1.10. The van der Waals surface area contributed by atoms with Crippen LogP contribution >= 0.6 is 0 Å². The summed E-state index contributed by atoms with van der Waals surface area (Å²) in [6, 6.07) is 19.9. The molecule has 2 fully saturated rings. The van der Waals surface area contributed by atoms with E-state index < -0.39 is 11.9 Å². The third-order valence-corrected chi connectivity index (χ3v) is 6.11. The Labute approximate surface area is 221 Å². The molecule has 5 rings (SSSR count). The van der Waals surface area contributed by atoms with Gasteiger partial charge < -0.3 is 28.4 Å². The molecule has 0 aliphatic carbocycles. The number of carbonyl (C=O) groups excluding carboxylic acids is 2. The van der Waals surface area contributed by atoms with E-state index in [1.807, 2.05) is 0 Å². The molecule has 2 aliphatic rings. The van der Waals surface area contributed by atoms with E-state index in [1.54, 1.807) is 72.8 Å². The Morgan fingerprint density at radius 1 is 0.579 bits per heavy atom. The number of carbonyl (C=O) groups is 2. The van der Waals surface area contributed by atoms with E-state index in [9.17, 15) is 9.59 Å². The summed E-state index contributed by atoms with van der Waals surface area (Å²) in [5, 5.41) is 0. The molecule has 0 amide bonds. The molecule has 2 aliphatic heterocycles. The lowest BCUT2D eigenvalue weighted by atomic mass is 10.2. The second-order valence-electron chi connectivity index (χ2n) is 9.19. The van der Waals surface area contributed by atoms with E-state index in [4.69, 9.17) is 28.4 Å². The minimum absolute atomic E-state index is 0.340. The molecule has 3 aromatic rings. The van der Waals surface area contributed by atoms with E-state index in [0.717, 1.165) is 38.9 Å². The Kier molecular flexibility index (Phi) is 8.53. The second-order valence-corrected chi connectivity index (χ2v) is 9.19. The molecule has 38 heavy (non-hydrogen) atoms. The normalized spacial score (nSPS) is 17.4. The van der Waals surface area contributed by atoms with Crippen molar-refractivity contribution in [2.24, 2.45) is 0 Å². The van der Waals surface area contributed by atoms with E-state index in [1.165, 1.54) is 0 Å². The van der Waals surface area contributed by atoms with Crippen LogP contribution in [0.2, 0.25) is 0 Å². The maximum Gasteiger partial charge on any atom is 0.343 e. The molecule has 0 spiro atoms. The number of hydrogen-bond acceptors (Lipinski definition) is 8. The molecular weight excluding hydrogens is 488 g/mol. The van der Waals surface area contributed by atoms with Crippen molar-refractivity contribution in [3.63, 3.8) is 0 Å². The van der Waals surface area contributed by atoms with E-state index in [-0.39, 0.29) is 0 Å². The average Bonchev–Trinajstić information content (AvgIpc) is 3.87. The molecule has 0 saturated carbocycles. The van der Waals surface area contributed by atoms with Crippen LogP contribution in [0.3, 0.4) is 0 Å². The number of esters is 2. The lowest BCUT2D eigenvalue weighted by Gasteiger charge is -2.09. The summed E-state index contributed by atoms with van der Waals surface area (Å²) in [6.07, 6.45) is 4.66. The monoisotopic (exact) mass is 518 g/mol. The van der Waals surface area contributed by atoms with Crippen LogP contribution in [0.4, 0.5) is 0 Å².